The minimum Gasteiger partial charge on any atom is -0.487 e. The van der Waals surface area contributed by atoms with Crippen LogP contribution in [0.1, 0.15) is 16.1 Å². The molecule has 124 valence electrons. The fraction of sp³-hybridized carbons (Fsp3) is 0.211. The monoisotopic (exact) mass is 402 g/mol. The second-order valence-corrected chi connectivity index (χ2v) is 7.57. The Labute approximate surface area is 155 Å². The van der Waals surface area contributed by atoms with Gasteiger partial charge in [0.05, 0.1) is 5.69 Å². The topological polar surface area (TPSA) is 25.4 Å². The summed E-state index contributed by atoms with van der Waals surface area (Å²) in [4.78, 5) is 7.93. The number of ether oxygens (including phenoxy) is 1. The Hall–Kier alpha value is -1.69. The van der Waals surface area contributed by atoms with E-state index in [-0.39, 0.29) is 0 Å². The maximum Gasteiger partial charge on any atom is 0.130 e. The molecule has 2 heterocycles. The molecular formula is C19H19BrN2OS. The molecule has 0 radical (unpaired) electrons. The van der Waals surface area contributed by atoms with E-state index >= 15 is 0 Å². The van der Waals surface area contributed by atoms with Crippen molar-refractivity contribution in [3.05, 3.63) is 80.7 Å². The van der Waals surface area contributed by atoms with Crippen molar-refractivity contribution in [1.82, 2.24) is 9.88 Å². The molecule has 5 heteroatoms. The molecule has 0 saturated carbocycles. The quantitative estimate of drug-likeness (QED) is 0.548. The van der Waals surface area contributed by atoms with Gasteiger partial charge in [-0.05, 0) is 58.9 Å². The van der Waals surface area contributed by atoms with Crippen LogP contribution in [0.2, 0.25) is 0 Å². The molecule has 1 aromatic carbocycles. The molecule has 0 saturated heterocycles. The minimum absolute atomic E-state index is 0.493. The van der Waals surface area contributed by atoms with E-state index in [2.05, 4.69) is 56.4 Å². The number of pyridine rings is 1. The molecule has 0 fully saturated rings. The molecule has 0 unspecified atom stereocenters. The average Bonchev–Trinajstić information content (AvgIpc) is 3.00. The van der Waals surface area contributed by atoms with Gasteiger partial charge < -0.3 is 4.74 Å². The number of thiophene rings is 1. The maximum absolute atomic E-state index is 5.77. The standard InChI is InChI=1S/C19H19BrN2OS/c1-22(12-19-10-16(20)14-24-19)11-15-5-7-18(8-6-15)23-13-17-4-2-3-9-21-17/h2-10,14H,11-13H2,1H3. The van der Waals surface area contributed by atoms with Crippen LogP contribution in [0.4, 0.5) is 0 Å². The molecule has 2 aromatic heterocycles. The number of rotatable bonds is 7. The van der Waals surface area contributed by atoms with Crippen LogP contribution in [0.15, 0.2) is 64.6 Å². The van der Waals surface area contributed by atoms with Crippen molar-refractivity contribution in [1.29, 1.82) is 0 Å². The Morgan fingerprint density at radius 2 is 1.96 bits per heavy atom. The van der Waals surface area contributed by atoms with E-state index in [0.29, 0.717) is 6.61 Å². The largest absolute Gasteiger partial charge is 0.487 e. The number of benzene rings is 1. The molecule has 24 heavy (non-hydrogen) atoms. The smallest absolute Gasteiger partial charge is 0.130 e. The highest BCUT2D eigenvalue weighted by Gasteiger charge is 2.05. The predicted octanol–water partition coefficient (Wildman–Crippen LogP) is 5.12. The van der Waals surface area contributed by atoms with Crippen LogP contribution < -0.4 is 4.74 Å². The Bertz CT molecular complexity index is 759. The lowest BCUT2D eigenvalue weighted by Crippen LogP contribution is -2.16. The van der Waals surface area contributed by atoms with Crippen molar-refractivity contribution in [3.8, 4) is 5.75 Å². The van der Waals surface area contributed by atoms with Gasteiger partial charge in [-0.2, -0.15) is 0 Å². The van der Waals surface area contributed by atoms with Crippen LogP contribution in [0.5, 0.6) is 5.75 Å². The Balaban J connectivity index is 1.50. The Kier molecular flexibility index (Phi) is 6.01. The first kappa shape index (κ1) is 17.1. The van der Waals surface area contributed by atoms with Gasteiger partial charge >= 0.3 is 0 Å². The van der Waals surface area contributed by atoms with Crippen molar-refractivity contribution in [3.63, 3.8) is 0 Å². The summed E-state index contributed by atoms with van der Waals surface area (Å²) in [7, 11) is 2.14. The van der Waals surface area contributed by atoms with Crippen LogP contribution in [-0.4, -0.2) is 16.9 Å². The van der Waals surface area contributed by atoms with Gasteiger partial charge in [-0.25, -0.2) is 0 Å². The summed E-state index contributed by atoms with van der Waals surface area (Å²) in [5.41, 5.74) is 2.21. The first-order chi connectivity index (χ1) is 11.7. The molecular weight excluding hydrogens is 384 g/mol. The summed E-state index contributed by atoms with van der Waals surface area (Å²) >= 11 is 5.28. The fourth-order valence-electron chi connectivity index (χ4n) is 2.40. The average molecular weight is 403 g/mol. The molecule has 0 N–H and O–H groups in total. The van der Waals surface area contributed by atoms with E-state index < -0.39 is 0 Å². The zero-order valence-corrected chi connectivity index (χ0v) is 15.9. The van der Waals surface area contributed by atoms with E-state index in [1.807, 2.05) is 30.3 Å². The van der Waals surface area contributed by atoms with Gasteiger partial charge in [0.15, 0.2) is 0 Å². The van der Waals surface area contributed by atoms with E-state index in [9.17, 15) is 0 Å². The minimum atomic E-state index is 0.493. The Morgan fingerprint density at radius 1 is 1.12 bits per heavy atom. The highest BCUT2D eigenvalue weighted by molar-refractivity contribution is 9.10. The van der Waals surface area contributed by atoms with Gasteiger partial charge in [-0.1, -0.05) is 18.2 Å². The molecule has 0 spiro atoms. The predicted molar refractivity (Wildman–Crippen MR) is 102 cm³/mol. The molecule has 3 nitrogen and oxygen atoms in total. The summed E-state index contributed by atoms with van der Waals surface area (Å²) in [5.74, 6) is 0.870. The lowest BCUT2D eigenvalue weighted by atomic mass is 10.2. The van der Waals surface area contributed by atoms with Crippen molar-refractivity contribution in [2.75, 3.05) is 7.05 Å². The van der Waals surface area contributed by atoms with Crippen molar-refractivity contribution >= 4 is 27.3 Å². The second-order valence-electron chi connectivity index (χ2n) is 5.66. The number of halogens is 1. The van der Waals surface area contributed by atoms with Crippen LogP contribution in [0.3, 0.4) is 0 Å². The van der Waals surface area contributed by atoms with Crippen LogP contribution in [-0.2, 0) is 19.7 Å². The summed E-state index contributed by atoms with van der Waals surface area (Å²) in [6.07, 6.45) is 1.78. The zero-order valence-electron chi connectivity index (χ0n) is 13.5. The molecule has 0 amide bonds. The maximum atomic E-state index is 5.77. The van der Waals surface area contributed by atoms with Crippen LogP contribution in [0.25, 0.3) is 0 Å². The lowest BCUT2D eigenvalue weighted by molar-refractivity contribution is 0.300. The summed E-state index contributed by atoms with van der Waals surface area (Å²) in [6.45, 7) is 2.36. The summed E-state index contributed by atoms with van der Waals surface area (Å²) < 4.78 is 6.93. The molecule has 0 aliphatic carbocycles. The van der Waals surface area contributed by atoms with E-state index in [4.69, 9.17) is 4.74 Å². The van der Waals surface area contributed by atoms with Crippen LogP contribution >= 0.6 is 27.3 Å². The van der Waals surface area contributed by atoms with Crippen molar-refractivity contribution in [2.24, 2.45) is 0 Å². The van der Waals surface area contributed by atoms with Crippen molar-refractivity contribution in [2.45, 2.75) is 19.7 Å². The Morgan fingerprint density at radius 3 is 2.62 bits per heavy atom. The number of hydrogen-bond acceptors (Lipinski definition) is 4. The SMILES string of the molecule is CN(Cc1ccc(OCc2ccccn2)cc1)Cc1cc(Br)cs1. The fourth-order valence-corrected chi connectivity index (χ4v) is 3.93. The normalized spacial score (nSPS) is 11.0. The van der Waals surface area contributed by atoms with Gasteiger partial charge in [-0.3, -0.25) is 9.88 Å². The van der Waals surface area contributed by atoms with Crippen LogP contribution in [0, 0.1) is 0 Å². The van der Waals surface area contributed by atoms with E-state index in [0.717, 1.165) is 29.0 Å². The molecule has 3 rings (SSSR count). The lowest BCUT2D eigenvalue weighted by Gasteiger charge is -2.16. The molecule has 0 bridgehead atoms. The third kappa shape index (κ3) is 5.16. The number of aromatic nitrogens is 1. The number of hydrogen-bond donors (Lipinski definition) is 0. The molecule has 0 aliphatic rings. The van der Waals surface area contributed by atoms with Crippen molar-refractivity contribution < 1.29 is 4.74 Å². The highest BCUT2D eigenvalue weighted by atomic mass is 79.9. The van der Waals surface area contributed by atoms with E-state index in [1.54, 1.807) is 17.5 Å². The van der Waals surface area contributed by atoms with Gasteiger partial charge in [0.1, 0.15) is 12.4 Å². The van der Waals surface area contributed by atoms with E-state index in [1.165, 1.54) is 10.4 Å². The highest BCUT2D eigenvalue weighted by Crippen LogP contribution is 2.21. The third-order valence-electron chi connectivity index (χ3n) is 3.54. The molecule has 0 atom stereocenters. The molecule has 0 aliphatic heterocycles. The molecule has 3 aromatic rings. The summed E-state index contributed by atoms with van der Waals surface area (Å²) in [6, 6.07) is 16.3. The van der Waals surface area contributed by atoms with Gasteiger partial charge in [0, 0.05) is 34.0 Å². The number of nitrogens with zero attached hydrogens (tertiary/aromatic N) is 2. The van der Waals surface area contributed by atoms with Gasteiger partial charge in [-0.15, -0.1) is 11.3 Å². The van der Waals surface area contributed by atoms with Gasteiger partial charge in [0.2, 0.25) is 0 Å². The third-order valence-corrected chi connectivity index (χ3v) is 5.22. The summed E-state index contributed by atoms with van der Waals surface area (Å²) in [5, 5.41) is 2.12. The first-order valence-electron chi connectivity index (χ1n) is 7.72. The first-order valence-corrected chi connectivity index (χ1v) is 9.39. The van der Waals surface area contributed by atoms with Gasteiger partial charge in [0.25, 0.3) is 0 Å². The zero-order chi connectivity index (χ0) is 16.8. The second kappa shape index (κ2) is 8.42.